The molecule has 1 aliphatic heterocycles. The molecular formula is C11H19N3O3S2. The second-order valence-corrected chi connectivity index (χ2v) is 8.10. The fraction of sp³-hybridized carbons (Fsp3) is 0.727. The minimum Gasteiger partial charge on any atom is -0.382 e. The number of hydrogen-bond acceptors (Lipinski definition) is 7. The van der Waals surface area contributed by atoms with E-state index < -0.39 is 9.84 Å². The van der Waals surface area contributed by atoms with Gasteiger partial charge in [0.05, 0.1) is 18.0 Å². The third-order valence-corrected chi connectivity index (χ3v) is 5.90. The maximum Gasteiger partial charge on any atom is 0.184 e. The van der Waals surface area contributed by atoms with Gasteiger partial charge in [-0.3, -0.25) is 0 Å². The van der Waals surface area contributed by atoms with Crippen LogP contribution in [0, 0.1) is 0 Å². The highest BCUT2D eigenvalue weighted by Crippen LogP contribution is 2.37. The Balaban J connectivity index is 2.42. The Morgan fingerprint density at radius 2 is 2.21 bits per heavy atom. The van der Waals surface area contributed by atoms with E-state index in [0.29, 0.717) is 24.7 Å². The molecule has 108 valence electrons. The van der Waals surface area contributed by atoms with Crippen molar-refractivity contribution < 1.29 is 13.2 Å². The number of rotatable bonds is 3. The largest absolute Gasteiger partial charge is 0.382 e. The van der Waals surface area contributed by atoms with Gasteiger partial charge in [0.25, 0.3) is 0 Å². The van der Waals surface area contributed by atoms with E-state index in [9.17, 15) is 8.42 Å². The Labute approximate surface area is 117 Å². The van der Waals surface area contributed by atoms with E-state index in [1.807, 2.05) is 18.7 Å². The first-order chi connectivity index (χ1) is 8.77. The number of nitrogen functional groups attached to an aromatic ring is 1. The number of nitrogens with zero attached hydrogens (tertiary/aromatic N) is 2. The molecule has 0 amide bonds. The summed E-state index contributed by atoms with van der Waals surface area (Å²) in [6, 6.07) is 0. The highest BCUT2D eigenvalue weighted by molar-refractivity contribution is 7.91. The third-order valence-electron chi connectivity index (χ3n) is 3.06. The third kappa shape index (κ3) is 2.85. The number of anilines is 2. The number of aromatic nitrogens is 1. The van der Waals surface area contributed by atoms with Crippen LogP contribution in [0.4, 0.5) is 10.8 Å². The molecule has 0 spiro atoms. The zero-order valence-electron chi connectivity index (χ0n) is 11.3. The first kappa shape index (κ1) is 14.5. The molecule has 0 bridgehead atoms. The van der Waals surface area contributed by atoms with Gasteiger partial charge >= 0.3 is 0 Å². The molecule has 8 heteroatoms. The van der Waals surface area contributed by atoms with Crippen LogP contribution in [-0.2, 0) is 14.6 Å². The lowest BCUT2D eigenvalue weighted by Crippen LogP contribution is -2.48. The van der Waals surface area contributed by atoms with Crippen molar-refractivity contribution in [3.05, 3.63) is 0 Å². The summed E-state index contributed by atoms with van der Waals surface area (Å²) in [7, 11) is -3.36. The number of hydrogen-bond donors (Lipinski definition) is 1. The molecule has 1 saturated heterocycles. The zero-order chi connectivity index (χ0) is 14.3. The lowest BCUT2D eigenvalue weighted by atomic mass is 10.1. The van der Waals surface area contributed by atoms with E-state index in [4.69, 9.17) is 10.5 Å². The van der Waals surface area contributed by atoms with Gasteiger partial charge in [0.15, 0.2) is 15.7 Å². The van der Waals surface area contributed by atoms with Crippen LogP contribution in [0.15, 0.2) is 4.90 Å². The first-order valence-corrected chi connectivity index (χ1v) is 8.56. The SMILES string of the molecule is CCS(=O)(=O)c1c(N)nsc1N1CCOC(C)(C)C1. The molecule has 0 radical (unpaired) electrons. The molecule has 19 heavy (non-hydrogen) atoms. The summed E-state index contributed by atoms with van der Waals surface area (Å²) in [5, 5.41) is 0.635. The number of nitrogens with two attached hydrogens (primary N) is 1. The van der Waals surface area contributed by atoms with Gasteiger partial charge in [0.2, 0.25) is 0 Å². The molecule has 0 aliphatic carbocycles. The lowest BCUT2D eigenvalue weighted by molar-refractivity contribution is -0.0276. The Morgan fingerprint density at radius 3 is 2.79 bits per heavy atom. The maximum absolute atomic E-state index is 12.1. The highest BCUT2D eigenvalue weighted by atomic mass is 32.2. The summed E-state index contributed by atoms with van der Waals surface area (Å²) >= 11 is 1.14. The van der Waals surface area contributed by atoms with Crippen LogP contribution in [0.1, 0.15) is 20.8 Å². The minimum absolute atomic E-state index is 0.0242. The molecule has 1 aliphatic rings. The Morgan fingerprint density at radius 1 is 1.53 bits per heavy atom. The van der Waals surface area contributed by atoms with Crippen LogP contribution < -0.4 is 10.6 Å². The highest BCUT2D eigenvalue weighted by Gasteiger charge is 2.33. The average molecular weight is 305 g/mol. The van der Waals surface area contributed by atoms with Crippen molar-refractivity contribution in [3.8, 4) is 0 Å². The molecule has 0 aromatic carbocycles. The van der Waals surface area contributed by atoms with Crippen molar-refractivity contribution in [2.45, 2.75) is 31.3 Å². The molecular weight excluding hydrogens is 286 g/mol. The van der Waals surface area contributed by atoms with Crippen molar-refractivity contribution in [1.82, 2.24) is 4.37 Å². The summed E-state index contributed by atoms with van der Waals surface area (Å²) in [6.07, 6.45) is 0. The van der Waals surface area contributed by atoms with Crippen LogP contribution in [0.3, 0.4) is 0 Å². The van der Waals surface area contributed by atoms with Crippen LogP contribution in [0.25, 0.3) is 0 Å². The van der Waals surface area contributed by atoms with Gasteiger partial charge in [0, 0.05) is 13.1 Å². The van der Waals surface area contributed by atoms with Crippen LogP contribution in [0.5, 0.6) is 0 Å². The zero-order valence-corrected chi connectivity index (χ0v) is 13.0. The number of morpholine rings is 1. The van der Waals surface area contributed by atoms with Crippen molar-refractivity contribution in [3.63, 3.8) is 0 Å². The average Bonchev–Trinajstić information content (AvgIpc) is 2.70. The Kier molecular flexibility index (Phi) is 3.76. The molecule has 0 unspecified atom stereocenters. The van der Waals surface area contributed by atoms with Gasteiger partial charge in [-0.25, -0.2) is 8.42 Å². The molecule has 1 aromatic heterocycles. The molecule has 6 nitrogen and oxygen atoms in total. The molecule has 1 fully saturated rings. The van der Waals surface area contributed by atoms with E-state index in [2.05, 4.69) is 4.37 Å². The van der Waals surface area contributed by atoms with Gasteiger partial charge in [-0.15, -0.1) is 0 Å². The monoisotopic (exact) mass is 305 g/mol. The molecule has 2 heterocycles. The topological polar surface area (TPSA) is 85.5 Å². The van der Waals surface area contributed by atoms with E-state index >= 15 is 0 Å². The predicted octanol–water partition coefficient (Wildman–Crippen LogP) is 1.13. The fourth-order valence-corrected chi connectivity index (χ4v) is 4.45. The molecule has 0 atom stereocenters. The van der Waals surface area contributed by atoms with Gasteiger partial charge in [-0.1, -0.05) is 6.92 Å². The van der Waals surface area contributed by atoms with Crippen LogP contribution in [-0.4, -0.2) is 43.8 Å². The smallest absolute Gasteiger partial charge is 0.184 e. The maximum atomic E-state index is 12.1. The first-order valence-electron chi connectivity index (χ1n) is 6.13. The molecule has 1 aromatic rings. The molecule has 0 saturated carbocycles. The summed E-state index contributed by atoms with van der Waals surface area (Å²) in [6.45, 7) is 7.42. The number of sulfone groups is 1. The number of ether oxygens (including phenoxy) is 1. The molecule has 2 rings (SSSR count). The fourth-order valence-electron chi connectivity index (χ4n) is 2.11. The normalized spacial score (nSPS) is 19.6. The van der Waals surface area contributed by atoms with E-state index in [1.54, 1.807) is 6.92 Å². The van der Waals surface area contributed by atoms with Gasteiger partial charge in [-0.2, -0.15) is 4.37 Å². The standard InChI is InChI=1S/C11H19N3O3S2/c1-4-19(15,16)8-9(12)13-18-10(8)14-5-6-17-11(2,3)7-14/h4-7H2,1-3H3,(H2,12,13). The summed E-state index contributed by atoms with van der Waals surface area (Å²) in [5.41, 5.74) is 5.44. The van der Waals surface area contributed by atoms with Crippen molar-refractivity contribution >= 4 is 32.2 Å². The van der Waals surface area contributed by atoms with Crippen molar-refractivity contribution in [1.29, 1.82) is 0 Å². The van der Waals surface area contributed by atoms with Gasteiger partial charge in [-0.05, 0) is 25.4 Å². The Bertz CT molecular complexity index is 566. The summed E-state index contributed by atoms with van der Waals surface area (Å²) < 4.78 is 33.9. The van der Waals surface area contributed by atoms with Crippen molar-refractivity contribution in [2.75, 3.05) is 36.1 Å². The van der Waals surface area contributed by atoms with Crippen LogP contribution >= 0.6 is 11.5 Å². The second-order valence-electron chi connectivity index (χ2n) is 5.14. The Hall–Kier alpha value is -0.860. The van der Waals surface area contributed by atoms with E-state index in [1.165, 1.54) is 0 Å². The van der Waals surface area contributed by atoms with E-state index in [0.717, 1.165) is 11.5 Å². The minimum atomic E-state index is -3.36. The summed E-state index contributed by atoms with van der Waals surface area (Å²) in [5.74, 6) is 0.127. The van der Waals surface area contributed by atoms with E-state index in [-0.39, 0.29) is 22.1 Å². The second kappa shape index (κ2) is 4.92. The summed E-state index contributed by atoms with van der Waals surface area (Å²) in [4.78, 5) is 2.18. The molecule has 2 N–H and O–H groups in total. The van der Waals surface area contributed by atoms with Gasteiger partial charge < -0.3 is 15.4 Å². The van der Waals surface area contributed by atoms with Crippen molar-refractivity contribution in [2.24, 2.45) is 0 Å². The quantitative estimate of drug-likeness (QED) is 0.901. The predicted molar refractivity (Wildman–Crippen MR) is 76.5 cm³/mol. The van der Waals surface area contributed by atoms with Crippen LogP contribution in [0.2, 0.25) is 0 Å². The van der Waals surface area contributed by atoms with Gasteiger partial charge in [0.1, 0.15) is 9.90 Å². The lowest BCUT2D eigenvalue weighted by Gasteiger charge is -2.38.